The van der Waals surface area contributed by atoms with Crippen LogP contribution in [0, 0.1) is 11.8 Å². The summed E-state index contributed by atoms with van der Waals surface area (Å²) in [6.45, 7) is 1.10. The molecule has 5 heteroatoms. The number of hydrogen-bond donors (Lipinski definition) is 3. The topological polar surface area (TPSA) is 78.4 Å². The van der Waals surface area contributed by atoms with Gasteiger partial charge in [-0.25, -0.2) is 4.79 Å². The largest absolute Gasteiger partial charge is 0.480 e. The fraction of sp³-hybridized carbons (Fsp3) is 0.857. The second-order valence-electron chi connectivity index (χ2n) is 5.86. The van der Waals surface area contributed by atoms with E-state index in [1.54, 1.807) is 0 Å². The Morgan fingerprint density at radius 1 is 1.11 bits per heavy atom. The molecule has 0 bridgehead atoms. The van der Waals surface area contributed by atoms with E-state index < -0.39 is 12.0 Å². The molecule has 0 aromatic heterocycles. The molecular weight excluding hydrogens is 244 g/mol. The molecule has 1 unspecified atom stereocenters. The molecule has 2 saturated carbocycles. The van der Waals surface area contributed by atoms with Gasteiger partial charge in [0.2, 0.25) is 5.91 Å². The molecule has 3 N–H and O–H groups in total. The molecule has 19 heavy (non-hydrogen) atoms. The standard InChI is InChI=1S/C14H24N2O3/c17-12(9-15-8-10-6-7-10)16-13(14(18)19)11-4-2-1-3-5-11/h10-11,13,15H,1-9H2,(H,16,17)(H,18,19). The maximum absolute atomic E-state index is 11.8. The van der Waals surface area contributed by atoms with Crippen LogP contribution in [0.15, 0.2) is 0 Å². The third kappa shape index (κ3) is 4.82. The zero-order valence-corrected chi connectivity index (χ0v) is 11.4. The summed E-state index contributed by atoms with van der Waals surface area (Å²) in [5.74, 6) is -0.277. The number of carboxylic acid groups (broad SMARTS) is 1. The predicted molar refractivity (Wildman–Crippen MR) is 71.7 cm³/mol. The minimum Gasteiger partial charge on any atom is -0.480 e. The van der Waals surface area contributed by atoms with Crippen molar-refractivity contribution in [1.82, 2.24) is 10.6 Å². The highest BCUT2D eigenvalue weighted by molar-refractivity contribution is 5.84. The number of rotatable bonds is 7. The van der Waals surface area contributed by atoms with Crippen LogP contribution in [0.3, 0.4) is 0 Å². The minimum absolute atomic E-state index is 0.0960. The zero-order valence-electron chi connectivity index (χ0n) is 11.4. The quantitative estimate of drug-likeness (QED) is 0.647. The van der Waals surface area contributed by atoms with Gasteiger partial charge in [-0.3, -0.25) is 4.79 Å². The first kappa shape index (κ1) is 14.3. The van der Waals surface area contributed by atoms with Crippen molar-refractivity contribution in [2.75, 3.05) is 13.1 Å². The van der Waals surface area contributed by atoms with E-state index in [9.17, 15) is 14.7 Å². The number of hydrogen-bond acceptors (Lipinski definition) is 3. The van der Waals surface area contributed by atoms with Crippen LogP contribution in [-0.2, 0) is 9.59 Å². The molecule has 2 aliphatic carbocycles. The van der Waals surface area contributed by atoms with Crippen LogP contribution < -0.4 is 10.6 Å². The van der Waals surface area contributed by atoms with Crippen LogP contribution in [-0.4, -0.2) is 36.1 Å². The average molecular weight is 268 g/mol. The van der Waals surface area contributed by atoms with E-state index in [0.717, 1.165) is 38.1 Å². The van der Waals surface area contributed by atoms with Gasteiger partial charge >= 0.3 is 5.97 Å². The molecule has 1 atom stereocenters. The molecule has 0 spiro atoms. The predicted octanol–water partition coefficient (Wildman–Crippen LogP) is 1.14. The summed E-state index contributed by atoms with van der Waals surface area (Å²) in [5.41, 5.74) is 0. The van der Waals surface area contributed by atoms with Gasteiger partial charge in [0.25, 0.3) is 0 Å². The Labute approximate surface area is 114 Å². The van der Waals surface area contributed by atoms with Crippen LogP contribution in [0.4, 0.5) is 0 Å². The molecule has 2 rings (SSSR count). The molecule has 108 valence electrons. The molecule has 2 aliphatic rings. The smallest absolute Gasteiger partial charge is 0.326 e. The van der Waals surface area contributed by atoms with Gasteiger partial charge in [0.05, 0.1) is 6.54 Å². The first-order valence-electron chi connectivity index (χ1n) is 7.39. The third-order valence-electron chi connectivity index (χ3n) is 4.12. The number of aliphatic carboxylic acids is 1. The van der Waals surface area contributed by atoms with Gasteiger partial charge in [0.15, 0.2) is 0 Å². The Morgan fingerprint density at radius 3 is 2.37 bits per heavy atom. The van der Waals surface area contributed by atoms with Crippen LogP contribution in [0.25, 0.3) is 0 Å². The van der Waals surface area contributed by atoms with Gasteiger partial charge in [0, 0.05) is 0 Å². The van der Waals surface area contributed by atoms with Gasteiger partial charge in [0.1, 0.15) is 6.04 Å². The molecule has 0 heterocycles. The number of carbonyl (C=O) groups excluding carboxylic acids is 1. The first-order valence-corrected chi connectivity index (χ1v) is 7.39. The van der Waals surface area contributed by atoms with Crippen molar-refractivity contribution in [3.05, 3.63) is 0 Å². The van der Waals surface area contributed by atoms with Gasteiger partial charge in [-0.2, -0.15) is 0 Å². The van der Waals surface area contributed by atoms with E-state index in [-0.39, 0.29) is 18.4 Å². The van der Waals surface area contributed by atoms with E-state index in [0.29, 0.717) is 0 Å². The first-order chi connectivity index (χ1) is 9.16. The molecule has 0 aromatic carbocycles. The van der Waals surface area contributed by atoms with E-state index in [1.165, 1.54) is 19.3 Å². The van der Waals surface area contributed by atoms with Crippen LogP contribution in [0.5, 0.6) is 0 Å². The van der Waals surface area contributed by atoms with Crippen molar-refractivity contribution in [3.63, 3.8) is 0 Å². The van der Waals surface area contributed by atoms with E-state index in [2.05, 4.69) is 10.6 Å². The third-order valence-corrected chi connectivity index (χ3v) is 4.12. The molecule has 0 aromatic rings. The van der Waals surface area contributed by atoms with Crippen LogP contribution in [0.1, 0.15) is 44.9 Å². The van der Waals surface area contributed by atoms with Gasteiger partial charge in [-0.15, -0.1) is 0 Å². The van der Waals surface area contributed by atoms with Crippen molar-refractivity contribution in [2.45, 2.75) is 51.0 Å². The summed E-state index contributed by atoms with van der Waals surface area (Å²) >= 11 is 0. The van der Waals surface area contributed by atoms with Crippen molar-refractivity contribution in [3.8, 4) is 0 Å². The molecule has 0 saturated heterocycles. The number of carbonyl (C=O) groups is 2. The summed E-state index contributed by atoms with van der Waals surface area (Å²) in [6, 6.07) is -0.712. The fourth-order valence-corrected chi connectivity index (χ4v) is 2.78. The summed E-state index contributed by atoms with van der Waals surface area (Å²) in [6.07, 6.45) is 7.64. The highest BCUT2D eigenvalue weighted by Crippen LogP contribution is 2.27. The Bertz CT molecular complexity index is 323. The molecule has 1 amide bonds. The minimum atomic E-state index is -0.901. The lowest BCUT2D eigenvalue weighted by Crippen LogP contribution is -2.49. The van der Waals surface area contributed by atoms with Crippen molar-refractivity contribution in [1.29, 1.82) is 0 Å². The summed E-state index contributed by atoms with van der Waals surface area (Å²) in [7, 11) is 0. The summed E-state index contributed by atoms with van der Waals surface area (Å²) in [5, 5.41) is 15.0. The Morgan fingerprint density at radius 2 is 1.79 bits per heavy atom. The van der Waals surface area contributed by atoms with Crippen LogP contribution >= 0.6 is 0 Å². The molecule has 2 fully saturated rings. The summed E-state index contributed by atoms with van der Waals surface area (Å²) in [4.78, 5) is 23.1. The lowest BCUT2D eigenvalue weighted by atomic mass is 9.84. The van der Waals surface area contributed by atoms with E-state index >= 15 is 0 Å². The van der Waals surface area contributed by atoms with Crippen molar-refractivity contribution >= 4 is 11.9 Å². The average Bonchev–Trinajstić information content (AvgIpc) is 3.21. The van der Waals surface area contributed by atoms with Crippen molar-refractivity contribution < 1.29 is 14.7 Å². The molecule has 5 nitrogen and oxygen atoms in total. The number of amides is 1. The van der Waals surface area contributed by atoms with Gasteiger partial charge in [-0.1, -0.05) is 19.3 Å². The Balaban J connectivity index is 1.74. The number of nitrogens with one attached hydrogen (secondary N) is 2. The van der Waals surface area contributed by atoms with Gasteiger partial charge < -0.3 is 15.7 Å². The maximum Gasteiger partial charge on any atom is 0.326 e. The monoisotopic (exact) mass is 268 g/mol. The van der Waals surface area contributed by atoms with E-state index in [1.807, 2.05) is 0 Å². The Kier molecular flexibility index (Phi) is 5.19. The second-order valence-corrected chi connectivity index (χ2v) is 5.86. The number of carboxylic acids is 1. The SMILES string of the molecule is O=C(CNCC1CC1)NC(C(=O)O)C1CCCCC1. The lowest BCUT2D eigenvalue weighted by molar-refractivity contribution is -0.143. The summed E-state index contributed by atoms with van der Waals surface area (Å²) < 4.78 is 0. The zero-order chi connectivity index (χ0) is 13.7. The lowest BCUT2D eigenvalue weighted by Gasteiger charge is -2.28. The molecule has 0 radical (unpaired) electrons. The normalized spacial score (nSPS) is 21.9. The highest BCUT2D eigenvalue weighted by Gasteiger charge is 2.30. The Hall–Kier alpha value is -1.10. The highest BCUT2D eigenvalue weighted by atomic mass is 16.4. The van der Waals surface area contributed by atoms with Gasteiger partial charge in [-0.05, 0) is 44.1 Å². The van der Waals surface area contributed by atoms with Crippen LogP contribution in [0.2, 0.25) is 0 Å². The second kappa shape index (κ2) is 6.89. The maximum atomic E-state index is 11.8. The fourth-order valence-electron chi connectivity index (χ4n) is 2.78. The molecule has 0 aliphatic heterocycles. The van der Waals surface area contributed by atoms with Crippen molar-refractivity contribution in [2.24, 2.45) is 11.8 Å². The molecular formula is C14H24N2O3. The van der Waals surface area contributed by atoms with E-state index in [4.69, 9.17) is 0 Å².